The van der Waals surface area contributed by atoms with Gasteiger partial charge in [0.2, 0.25) is 0 Å². The monoisotopic (exact) mass is 512 g/mol. The molecule has 0 atom stereocenters. The fraction of sp³-hybridized carbons (Fsp3) is 0.613. The summed E-state index contributed by atoms with van der Waals surface area (Å²) in [5, 5.41) is 17.6. The van der Waals surface area contributed by atoms with E-state index in [-0.39, 0.29) is 23.1 Å². The van der Waals surface area contributed by atoms with Gasteiger partial charge in [0.05, 0.1) is 17.9 Å². The molecule has 2 amide bonds. The molecule has 2 aromatic rings. The third-order valence-corrected chi connectivity index (χ3v) is 6.63. The highest BCUT2D eigenvalue weighted by Crippen LogP contribution is 2.33. The minimum Gasteiger partial charge on any atom is -0.506 e. The molecule has 206 valence electrons. The molecule has 0 spiro atoms. The van der Waals surface area contributed by atoms with Gasteiger partial charge in [-0.05, 0) is 24.5 Å². The quantitative estimate of drug-likeness (QED) is 0.175. The van der Waals surface area contributed by atoms with Crippen molar-refractivity contribution in [3.8, 4) is 5.75 Å². The first-order chi connectivity index (χ1) is 17.9. The number of hydrogen-bond donors (Lipinski definition) is 3. The van der Waals surface area contributed by atoms with Gasteiger partial charge >= 0.3 is 6.09 Å². The molecule has 0 saturated carbocycles. The van der Waals surface area contributed by atoms with Crippen molar-refractivity contribution in [2.24, 2.45) is 5.92 Å². The second-order valence-corrected chi connectivity index (χ2v) is 10.5. The first kappa shape index (κ1) is 30.5. The number of carbonyl (C=O) groups excluding carboxylic acids is 2. The Hall–Kier alpha value is -2.76. The molecule has 0 aliphatic carbocycles. The van der Waals surface area contributed by atoms with Crippen LogP contribution in [0.5, 0.6) is 5.75 Å². The molecule has 0 aliphatic heterocycles. The molecule has 6 heteroatoms. The van der Waals surface area contributed by atoms with E-state index in [1.165, 1.54) is 70.6 Å². The van der Waals surface area contributed by atoms with Crippen LogP contribution in [0.15, 0.2) is 30.3 Å². The van der Waals surface area contributed by atoms with Crippen molar-refractivity contribution in [1.82, 2.24) is 5.32 Å². The topological polar surface area (TPSA) is 87.7 Å². The van der Waals surface area contributed by atoms with E-state index in [0.29, 0.717) is 29.6 Å². The molecular formula is C31H48N2O4. The largest absolute Gasteiger partial charge is 0.506 e. The fourth-order valence-corrected chi connectivity index (χ4v) is 4.46. The highest BCUT2D eigenvalue weighted by atomic mass is 16.5. The van der Waals surface area contributed by atoms with Crippen LogP contribution in [0.4, 0.5) is 10.5 Å². The normalized spacial score (nSPS) is 11.1. The summed E-state index contributed by atoms with van der Waals surface area (Å²) in [4.78, 5) is 24.8. The van der Waals surface area contributed by atoms with Gasteiger partial charge in [-0.25, -0.2) is 4.79 Å². The Bertz CT molecular complexity index is 958. The number of fused-ring (bicyclic) bond motifs is 1. The lowest BCUT2D eigenvalue weighted by Gasteiger charge is -2.13. The van der Waals surface area contributed by atoms with Crippen molar-refractivity contribution >= 4 is 28.5 Å². The van der Waals surface area contributed by atoms with E-state index in [4.69, 9.17) is 4.74 Å². The van der Waals surface area contributed by atoms with Crippen LogP contribution >= 0.6 is 0 Å². The van der Waals surface area contributed by atoms with E-state index in [2.05, 4.69) is 17.6 Å². The van der Waals surface area contributed by atoms with Crippen molar-refractivity contribution in [3.63, 3.8) is 0 Å². The summed E-state index contributed by atoms with van der Waals surface area (Å²) in [6.07, 6.45) is 16.2. The number of hydrogen-bond acceptors (Lipinski definition) is 4. The number of nitrogens with one attached hydrogen (secondary N) is 2. The van der Waals surface area contributed by atoms with Gasteiger partial charge in [-0.1, -0.05) is 116 Å². The molecule has 0 aliphatic rings. The molecule has 0 bridgehead atoms. The van der Waals surface area contributed by atoms with Gasteiger partial charge in [0.25, 0.3) is 5.91 Å². The van der Waals surface area contributed by atoms with Gasteiger partial charge in [-0.2, -0.15) is 0 Å². The lowest BCUT2D eigenvalue weighted by Crippen LogP contribution is -2.24. The predicted octanol–water partition coefficient (Wildman–Crippen LogP) is 8.57. The third kappa shape index (κ3) is 11.4. The molecule has 0 unspecified atom stereocenters. The number of benzene rings is 2. The Morgan fingerprint density at radius 2 is 1.41 bits per heavy atom. The van der Waals surface area contributed by atoms with Crippen LogP contribution in [-0.2, 0) is 4.74 Å². The minimum absolute atomic E-state index is 0.0837. The molecule has 0 heterocycles. The number of aromatic hydroxyl groups is 1. The zero-order valence-corrected chi connectivity index (χ0v) is 23.2. The van der Waals surface area contributed by atoms with Crippen LogP contribution in [0.2, 0.25) is 0 Å². The maximum absolute atomic E-state index is 12.7. The number of rotatable bonds is 18. The van der Waals surface area contributed by atoms with E-state index in [9.17, 15) is 14.7 Å². The lowest BCUT2D eigenvalue weighted by atomic mass is 10.0. The van der Waals surface area contributed by atoms with E-state index in [1.807, 2.05) is 13.8 Å². The molecule has 6 nitrogen and oxygen atoms in total. The summed E-state index contributed by atoms with van der Waals surface area (Å²) >= 11 is 0. The number of amides is 2. The predicted molar refractivity (Wildman–Crippen MR) is 153 cm³/mol. The molecule has 0 aromatic heterocycles. The summed E-state index contributed by atoms with van der Waals surface area (Å²) in [5.74, 6) is -0.129. The van der Waals surface area contributed by atoms with Gasteiger partial charge < -0.3 is 15.2 Å². The van der Waals surface area contributed by atoms with Crippen molar-refractivity contribution in [3.05, 3.63) is 35.9 Å². The highest BCUT2D eigenvalue weighted by Gasteiger charge is 2.16. The Kier molecular flexibility index (Phi) is 14.5. The molecule has 3 N–H and O–H groups in total. The van der Waals surface area contributed by atoms with Crippen LogP contribution in [0, 0.1) is 5.92 Å². The Morgan fingerprint density at radius 3 is 2.00 bits per heavy atom. The van der Waals surface area contributed by atoms with Crippen molar-refractivity contribution in [1.29, 1.82) is 0 Å². The second-order valence-electron chi connectivity index (χ2n) is 10.5. The number of carbonyl (C=O) groups is 2. The zero-order valence-electron chi connectivity index (χ0n) is 23.2. The molecule has 0 radical (unpaired) electrons. The molecule has 0 saturated heterocycles. The molecule has 2 rings (SSSR count). The average Bonchev–Trinajstić information content (AvgIpc) is 2.88. The van der Waals surface area contributed by atoms with E-state index >= 15 is 0 Å². The maximum atomic E-state index is 12.7. The zero-order chi connectivity index (χ0) is 26.9. The lowest BCUT2D eigenvalue weighted by molar-refractivity contribution is 0.0950. The first-order valence-corrected chi connectivity index (χ1v) is 14.4. The van der Waals surface area contributed by atoms with Crippen LogP contribution in [0.3, 0.4) is 0 Å². The van der Waals surface area contributed by atoms with Crippen LogP contribution < -0.4 is 10.6 Å². The van der Waals surface area contributed by atoms with E-state index in [1.54, 1.807) is 30.3 Å². The minimum atomic E-state index is -0.541. The Morgan fingerprint density at radius 1 is 0.811 bits per heavy atom. The standard InChI is InChI=1S/C31H48N2O4/c1-4-5-6-7-8-9-10-11-12-13-14-15-16-22-32-30(35)27-21-20-25-26(29(27)34)18-17-19-28(25)33-31(36)37-23-24(2)3/h17-21,24,34H,4-16,22-23H2,1-3H3,(H,32,35)(H,33,36). The summed E-state index contributed by atoms with van der Waals surface area (Å²) in [7, 11) is 0. The van der Waals surface area contributed by atoms with Gasteiger partial charge in [0.15, 0.2) is 0 Å². The summed E-state index contributed by atoms with van der Waals surface area (Å²) in [6.45, 7) is 7.11. The van der Waals surface area contributed by atoms with E-state index in [0.717, 1.165) is 12.8 Å². The van der Waals surface area contributed by atoms with Crippen molar-refractivity contribution in [2.45, 2.75) is 104 Å². The Labute approximate surface area is 223 Å². The number of anilines is 1. The van der Waals surface area contributed by atoms with Crippen molar-refractivity contribution < 1.29 is 19.4 Å². The van der Waals surface area contributed by atoms with Crippen LogP contribution in [0.25, 0.3) is 10.8 Å². The highest BCUT2D eigenvalue weighted by molar-refractivity contribution is 6.08. The summed E-state index contributed by atoms with van der Waals surface area (Å²) in [6, 6.07) is 8.55. The van der Waals surface area contributed by atoms with E-state index < -0.39 is 6.09 Å². The average molecular weight is 513 g/mol. The van der Waals surface area contributed by atoms with Gasteiger partial charge in [0, 0.05) is 17.3 Å². The number of unbranched alkanes of at least 4 members (excludes halogenated alkanes) is 12. The number of phenols is 1. The van der Waals surface area contributed by atoms with Crippen LogP contribution in [0.1, 0.15) is 115 Å². The molecule has 2 aromatic carbocycles. The molecular weight excluding hydrogens is 464 g/mol. The SMILES string of the molecule is CCCCCCCCCCCCCCCNC(=O)c1ccc2c(NC(=O)OCC(C)C)cccc2c1O. The number of ether oxygens (including phenoxy) is 1. The summed E-state index contributed by atoms with van der Waals surface area (Å²) < 4.78 is 5.19. The van der Waals surface area contributed by atoms with Gasteiger partial charge in [0.1, 0.15) is 5.75 Å². The Balaban J connectivity index is 1.69. The third-order valence-electron chi connectivity index (χ3n) is 6.63. The number of phenolic OH excluding ortho intramolecular Hbond substituents is 1. The van der Waals surface area contributed by atoms with Crippen LogP contribution in [-0.4, -0.2) is 30.3 Å². The van der Waals surface area contributed by atoms with Gasteiger partial charge in [-0.3, -0.25) is 10.1 Å². The molecule has 37 heavy (non-hydrogen) atoms. The second kappa shape index (κ2) is 17.7. The summed E-state index contributed by atoms with van der Waals surface area (Å²) in [5.41, 5.74) is 0.766. The fourth-order valence-electron chi connectivity index (χ4n) is 4.46. The first-order valence-electron chi connectivity index (χ1n) is 14.4. The van der Waals surface area contributed by atoms with Gasteiger partial charge in [-0.15, -0.1) is 0 Å². The van der Waals surface area contributed by atoms with Crippen molar-refractivity contribution in [2.75, 3.05) is 18.5 Å². The maximum Gasteiger partial charge on any atom is 0.411 e. The molecule has 0 fully saturated rings. The smallest absolute Gasteiger partial charge is 0.411 e.